The van der Waals surface area contributed by atoms with Gasteiger partial charge in [-0.25, -0.2) is 8.42 Å². The number of carbonyl (C=O) groups excluding carboxylic acids is 1. The van der Waals surface area contributed by atoms with Gasteiger partial charge in [0.2, 0.25) is 10.0 Å². The van der Waals surface area contributed by atoms with Gasteiger partial charge in [0.25, 0.3) is 5.91 Å². The molecule has 2 aliphatic heterocycles. The molecule has 2 aromatic rings. The maximum Gasteiger partial charge on any atom is 0.258 e. The molecule has 1 atom stereocenters. The van der Waals surface area contributed by atoms with Crippen molar-refractivity contribution in [2.75, 3.05) is 22.0 Å². The zero-order chi connectivity index (χ0) is 18.5. The number of fused-ring (bicyclic) bond motifs is 2. The molecule has 2 heterocycles. The average Bonchev–Trinajstić information content (AvgIpc) is 2.95. The van der Waals surface area contributed by atoms with Crippen molar-refractivity contribution >= 4 is 27.3 Å². The van der Waals surface area contributed by atoms with Crippen LogP contribution in [0.15, 0.2) is 42.5 Å². The summed E-state index contributed by atoms with van der Waals surface area (Å²) < 4.78 is 25.5. The third-order valence-electron chi connectivity index (χ3n) is 5.23. The van der Waals surface area contributed by atoms with E-state index in [1.54, 1.807) is 12.1 Å². The van der Waals surface area contributed by atoms with Crippen LogP contribution in [0.2, 0.25) is 0 Å². The number of amides is 1. The smallest absolute Gasteiger partial charge is 0.258 e. The number of nitrogens with zero attached hydrogens (tertiary/aromatic N) is 2. The van der Waals surface area contributed by atoms with E-state index in [0.717, 1.165) is 30.5 Å². The van der Waals surface area contributed by atoms with Crippen molar-refractivity contribution in [3.05, 3.63) is 59.2 Å². The molecule has 5 nitrogen and oxygen atoms in total. The van der Waals surface area contributed by atoms with Gasteiger partial charge >= 0.3 is 0 Å². The maximum atomic E-state index is 13.2. The van der Waals surface area contributed by atoms with Crippen LogP contribution in [0.5, 0.6) is 0 Å². The zero-order valence-corrected chi connectivity index (χ0v) is 15.8. The van der Waals surface area contributed by atoms with E-state index in [9.17, 15) is 13.2 Å². The molecule has 0 aromatic heterocycles. The van der Waals surface area contributed by atoms with Crippen molar-refractivity contribution in [2.45, 2.75) is 32.2 Å². The summed E-state index contributed by atoms with van der Waals surface area (Å²) in [4.78, 5) is 15.0. The summed E-state index contributed by atoms with van der Waals surface area (Å²) in [6, 6.07) is 13.5. The Bertz CT molecular complexity index is 984. The van der Waals surface area contributed by atoms with Crippen molar-refractivity contribution in [3.63, 3.8) is 0 Å². The van der Waals surface area contributed by atoms with Gasteiger partial charge in [-0.15, -0.1) is 0 Å². The monoisotopic (exact) mass is 370 g/mol. The first-order valence-electron chi connectivity index (χ1n) is 8.88. The molecule has 1 amide bonds. The van der Waals surface area contributed by atoms with E-state index < -0.39 is 10.0 Å². The molecule has 2 aliphatic rings. The van der Waals surface area contributed by atoms with Crippen LogP contribution in [0.3, 0.4) is 0 Å². The third kappa shape index (κ3) is 2.78. The first kappa shape index (κ1) is 17.1. The predicted molar refractivity (Wildman–Crippen MR) is 103 cm³/mol. The lowest BCUT2D eigenvalue weighted by Crippen LogP contribution is -2.37. The molecule has 136 valence electrons. The molecule has 0 N–H and O–H groups in total. The number of benzene rings is 2. The molecule has 4 rings (SSSR count). The van der Waals surface area contributed by atoms with Crippen LogP contribution in [-0.4, -0.2) is 33.2 Å². The standard InChI is InChI=1S/C20H22N2O3S/c1-14-12-15-6-3-4-8-19(15)22(14)20(23)17-9-10-18-16(13-17)7-5-11-21(18)26(2,24)25/h3-4,6,8-10,13-14H,5,7,11-12H2,1-2H3. The second kappa shape index (κ2) is 6.13. The molecule has 0 spiro atoms. The minimum Gasteiger partial charge on any atom is -0.305 e. The van der Waals surface area contributed by atoms with Crippen LogP contribution in [0.4, 0.5) is 11.4 Å². The lowest BCUT2D eigenvalue weighted by Gasteiger charge is -2.30. The second-order valence-corrected chi connectivity index (χ2v) is 9.05. The number of carbonyl (C=O) groups is 1. The van der Waals surface area contributed by atoms with Gasteiger partial charge in [0.1, 0.15) is 0 Å². The fourth-order valence-corrected chi connectivity index (χ4v) is 5.05. The Morgan fingerprint density at radius 1 is 1.08 bits per heavy atom. The highest BCUT2D eigenvalue weighted by atomic mass is 32.2. The van der Waals surface area contributed by atoms with Crippen molar-refractivity contribution in [1.82, 2.24) is 0 Å². The lowest BCUT2D eigenvalue weighted by atomic mass is 10.00. The van der Waals surface area contributed by atoms with Crippen LogP contribution in [0.25, 0.3) is 0 Å². The third-order valence-corrected chi connectivity index (χ3v) is 6.41. The molecule has 0 bridgehead atoms. The summed E-state index contributed by atoms with van der Waals surface area (Å²) >= 11 is 0. The van der Waals surface area contributed by atoms with E-state index in [-0.39, 0.29) is 11.9 Å². The second-order valence-electron chi connectivity index (χ2n) is 7.14. The van der Waals surface area contributed by atoms with Gasteiger partial charge in [0.15, 0.2) is 0 Å². The molecule has 26 heavy (non-hydrogen) atoms. The van der Waals surface area contributed by atoms with Gasteiger partial charge < -0.3 is 4.90 Å². The summed E-state index contributed by atoms with van der Waals surface area (Å²) in [5.41, 5.74) is 4.40. The Hall–Kier alpha value is -2.34. The van der Waals surface area contributed by atoms with Crippen molar-refractivity contribution in [2.24, 2.45) is 0 Å². The SMILES string of the molecule is CC1Cc2ccccc2N1C(=O)c1ccc2c(c1)CCCN2S(C)(=O)=O. The highest BCUT2D eigenvalue weighted by Crippen LogP contribution is 2.35. The van der Waals surface area contributed by atoms with E-state index in [0.29, 0.717) is 17.8 Å². The number of anilines is 2. The van der Waals surface area contributed by atoms with Gasteiger partial charge in [-0.1, -0.05) is 18.2 Å². The van der Waals surface area contributed by atoms with E-state index in [1.165, 1.54) is 16.1 Å². The van der Waals surface area contributed by atoms with Crippen LogP contribution < -0.4 is 9.21 Å². The van der Waals surface area contributed by atoms with E-state index in [2.05, 4.69) is 13.0 Å². The highest BCUT2D eigenvalue weighted by molar-refractivity contribution is 7.92. The van der Waals surface area contributed by atoms with Crippen LogP contribution in [0.1, 0.15) is 34.8 Å². The number of sulfonamides is 1. The molecule has 0 saturated heterocycles. The Labute approximate surface area is 154 Å². The maximum absolute atomic E-state index is 13.2. The molecule has 0 radical (unpaired) electrons. The first-order chi connectivity index (χ1) is 12.4. The average molecular weight is 370 g/mol. The van der Waals surface area contributed by atoms with Crippen molar-refractivity contribution < 1.29 is 13.2 Å². The molecule has 0 saturated carbocycles. The summed E-state index contributed by atoms with van der Waals surface area (Å²) in [6.45, 7) is 2.55. The normalized spacial score (nSPS) is 19.2. The molecular weight excluding hydrogens is 348 g/mol. The Kier molecular flexibility index (Phi) is 4.03. The van der Waals surface area contributed by atoms with Gasteiger partial charge in [0, 0.05) is 23.8 Å². The number of hydrogen-bond acceptors (Lipinski definition) is 3. The number of aryl methyl sites for hydroxylation is 1. The predicted octanol–water partition coefficient (Wildman–Crippen LogP) is 2.99. The van der Waals surface area contributed by atoms with Gasteiger partial charge in [-0.3, -0.25) is 9.10 Å². The van der Waals surface area contributed by atoms with Gasteiger partial charge in [0.05, 0.1) is 11.9 Å². The molecule has 0 aliphatic carbocycles. The number of rotatable bonds is 2. The fraction of sp³-hybridized carbons (Fsp3) is 0.350. The fourth-order valence-electron chi connectivity index (χ4n) is 4.05. The summed E-state index contributed by atoms with van der Waals surface area (Å²) in [5, 5.41) is 0. The summed E-state index contributed by atoms with van der Waals surface area (Å²) in [6.07, 6.45) is 3.63. The molecule has 1 unspecified atom stereocenters. The molecule has 6 heteroatoms. The molecule has 2 aromatic carbocycles. The van der Waals surface area contributed by atoms with Crippen molar-refractivity contribution in [3.8, 4) is 0 Å². The highest BCUT2D eigenvalue weighted by Gasteiger charge is 2.32. The minimum atomic E-state index is -3.30. The van der Waals surface area contributed by atoms with Gasteiger partial charge in [-0.2, -0.15) is 0 Å². The number of hydrogen-bond donors (Lipinski definition) is 0. The summed E-state index contributed by atoms with van der Waals surface area (Å²) in [5.74, 6) is -0.0262. The van der Waals surface area contributed by atoms with E-state index in [1.807, 2.05) is 29.2 Å². The molecular formula is C20H22N2O3S. The number of para-hydroxylation sites is 1. The zero-order valence-electron chi connectivity index (χ0n) is 15.0. The van der Waals surface area contributed by atoms with Gasteiger partial charge in [-0.05, 0) is 61.6 Å². The lowest BCUT2D eigenvalue weighted by molar-refractivity contribution is 0.0981. The Morgan fingerprint density at radius 3 is 2.62 bits per heavy atom. The van der Waals surface area contributed by atoms with Crippen LogP contribution in [-0.2, 0) is 22.9 Å². The minimum absolute atomic E-state index is 0.0262. The van der Waals surface area contributed by atoms with Crippen LogP contribution in [0, 0.1) is 0 Å². The van der Waals surface area contributed by atoms with E-state index in [4.69, 9.17) is 0 Å². The topological polar surface area (TPSA) is 57.7 Å². The van der Waals surface area contributed by atoms with E-state index >= 15 is 0 Å². The molecule has 0 fully saturated rings. The van der Waals surface area contributed by atoms with Crippen molar-refractivity contribution in [1.29, 1.82) is 0 Å². The first-order valence-corrected chi connectivity index (χ1v) is 10.7. The summed E-state index contributed by atoms with van der Waals surface area (Å²) in [7, 11) is -3.30. The Balaban J connectivity index is 1.71. The van der Waals surface area contributed by atoms with Crippen LogP contribution >= 0.6 is 0 Å². The largest absolute Gasteiger partial charge is 0.305 e. The Morgan fingerprint density at radius 2 is 1.85 bits per heavy atom. The quantitative estimate of drug-likeness (QED) is 0.817.